The van der Waals surface area contributed by atoms with Crippen molar-refractivity contribution in [1.29, 1.82) is 0 Å². The third-order valence-electron chi connectivity index (χ3n) is 3.48. The van der Waals surface area contributed by atoms with E-state index in [-0.39, 0.29) is 5.82 Å². The van der Waals surface area contributed by atoms with Gasteiger partial charge in [-0.05, 0) is 49.9 Å². The Bertz CT molecular complexity index is 358. The number of hydrogen-bond donors (Lipinski definition) is 1. The molecule has 1 nitrogen and oxygen atoms in total. The molecule has 16 heavy (non-hydrogen) atoms. The minimum absolute atomic E-state index is 0.128. The summed E-state index contributed by atoms with van der Waals surface area (Å²) in [6.07, 6.45) is 5.40. The molecule has 0 aromatic heterocycles. The molecule has 2 rings (SSSR count). The first-order valence-corrected chi connectivity index (χ1v) is 6.18. The number of halogens is 1. The van der Waals surface area contributed by atoms with Gasteiger partial charge in [-0.2, -0.15) is 0 Å². The summed E-state index contributed by atoms with van der Waals surface area (Å²) in [4.78, 5) is 0. The Hall–Kier alpha value is -1.05. The summed E-state index contributed by atoms with van der Waals surface area (Å²) in [5.74, 6) is 0.779. The van der Waals surface area contributed by atoms with E-state index in [4.69, 9.17) is 0 Å². The molecule has 0 radical (unpaired) electrons. The van der Waals surface area contributed by atoms with Gasteiger partial charge in [0.25, 0.3) is 0 Å². The van der Waals surface area contributed by atoms with Crippen molar-refractivity contribution in [3.8, 4) is 0 Å². The van der Waals surface area contributed by atoms with E-state index in [1.807, 2.05) is 12.1 Å². The number of rotatable bonds is 4. The summed E-state index contributed by atoms with van der Waals surface area (Å²) < 4.78 is 13.1. The van der Waals surface area contributed by atoms with Gasteiger partial charge >= 0.3 is 0 Å². The van der Waals surface area contributed by atoms with Crippen LogP contribution in [0.25, 0.3) is 0 Å². The fraction of sp³-hybridized carbons (Fsp3) is 0.571. The smallest absolute Gasteiger partial charge is 0.126 e. The Morgan fingerprint density at radius 1 is 1.44 bits per heavy atom. The fourth-order valence-electron chi connectivity index (χ4n) is 2.31. The van der Waals surface area contributed by atoms with Crippen molar-refractivity contribution in [2.24, 2.45) is 5.92 Å². The van der Waals surface area contributed by atoms with Gasteiger partial charge in [0.05, 0.1) is 0 Å². The Kier molecular flexibility index (Phi) is 3.47. The first-order chi connectivity index (χ1) is 7.65. The van der Waals surface area contributed by atoms with Crippen LogP contribution in [0.2, 0.25) is 0 Å². The van der Waals surface area contributed by atoms with Crippen LogP contribution in [0.3, 0.4) is 0 Å². The van der Waals surface area contributed by atoms with Crippen molar-refractivity contribution >= 4 is 5.69 Å². The van der Waals surface area contributed by atoms with Crippen molar-refractivity contribution in [3.05, 3.63) is 29.6 Å². The van der Waals surface area contributed by atoms with E-state index < -0.39 is 0 Å². The second-order valence-electron chi connectivity index (χ2n) is 5.04. The highest BCUT2D eigenvalue weighted by Crippen LogP contribution is 2.31. The second-order valence-corrected chi connectivity index (χ2v) is 5.04. The van der Waals surface area contributed by atoms with E-state index >= 15 is 0 Å². The molecule has 2 heteroatoms. The topological polar surface area (TPSA) is 12.0 Å². The standard InChI is InChI=1S/C14H20FN/c1-10-8-13(6-7-14(10)15)16-11(2)9-12-4-3-5-12/h6-8,11-12,16H,3-5,9H2,1-2H3. The van der Waals surface area contributed by atoms with Crippen LogP contribution in [-0.2, 0) is 0 Å². The van der Waals surface area contributed by atoms with Crippen LogP contribution >= 0.6 is 0 Å². The minimum atomic E-state index is -0.128. The third-order valence-corrected chi connectivity index (χ3v) is 3.48. The molecule has 1 aromatic carbocycles. The third kappa shape index (κ3) is 2.75. The van der Waals surface area contributed by atoms with Gasteiger partial charge < -0.3 is 5.32 Å². The normalized spacial score (nSPS) is 17.9. The van der Waals surface area contributed by atoms with Gasteiger partial charge in [0.15, 0.2) is 0 Å². The van der Waals surface area contributed by atoms with Crippen LogP contribution < -0.4 is 5.32 Å². The Balaban J connectivity index is 1.89. The lowest BCUT2D eigenvalue weighted by molar-refractivity contribution is 0.286. The van der Waals surface area contributed by atoms with Crippen LogP contribution in [0.15, 0.2) is 18.2 Å². The second kappa shape index (κ2) is 4.86. The molecule has 0 bridgehead atoms. The average molecular weight is 221 g/mol. The molecule has 0 aliphatic heterocycles. The van der Waals surface area contributed by atoms with Crippen molar-refractivity contribution in [3.63, 3.8) is 0 Å². The van der Waals surface area contributed by atoms with Crippen molar-refractivity contribution in [2.75, 3.05) is 5.32 Å². The van der Waals surface area contributed by atoms with Gasteiger partial charge in [-0.1, -0.05) is 19.3 Å². The number of nitrogens with one attached hydrogen (secondary N) is 1. The molecule has 1 saturated carbocycles. The maximum absolute atomic E-state index is 13.1. The number of benzene rings is 1. The van der Waals surface area contributed by atoms with Crippen LogP contribution in [-0.4, -0.2) is 6.04 Å². The van der Waals surface area contributed by atoms with Crippen molar-refractivity contribution in [1.82, 2.24) is 0 Å². The van der Waals surface area contributed by atoms with Crippen LogP contribution in [0, 0.1) is 18.7 Å². The summed E-state index contributed by atoms with van der Waals surface area (Å²) in [7, 11) is 0. The Morgan fingerprint density at radius 2 is 2.19 bits per heavy atom. The summed E-state index contributed by atoms with van der Waals surface area (Å²) in [6, 6.07) is 5.72. The highest BCUT2D eigenvalue weighted by molar-refractivity contribution is 5.46. The lowest BCUT2D eigenvalue weighted by Crippen LogP contribution is -2.23. The summed E-state index contributed by atoms with van der Waals surface area (Å²) >= 11 is 0. The van der Waals surface area contributed by atoms with Crippen molar-refractivity contribution < 1.29 is 4.39 Å². The Morgan fingerprint density at radius 3 is 2.75 bits per heavy atom. The molecular weight excluding hydrogens is 201 g/mol. The van der Waals surface area contributed by atoms with E-state index in [1.165, 1.54) is 31.7 Å². The largest absolute Gasteiger partial charge is 0.383 e. The van der Waals surface area contributed by atoms with Gasteiger partial charge in [-0.25, -0.2) is 4.39 Å². The summed E-state index contributed by atoms with van der Waals surface area (Å²) in [5.41, 5.74) is 1.74. The van der Waals surface area contributed by atoms with Gasteiger partial charge in [-0.15, -0.1) is 0 Å². The zero-order chi connectivity index (χ0) is 11.5. The molecule has 0 saturated heterocycles. The van der Waals surface area contributed by atoms with Crippen LogP contribution in [0.4, 0.5) is 10.1 Å². The molecular formula is C14H20FN. The molecule has 88 valence electrons. The molecule has 0 spiro atoms. The zero-order valence-electron chi connectivity index (χ0n) is 10.1. The molecule has 0 amide bonds. The summed E-state index contributed by atoms with van der Waals surface area (Å²) in [6.45, 7) is 4.01. The zero-order valence-corrected chi connectivity index (χ0v) is 10.1. The molecule has 1 atom stereocenters. The molecule has 1 fully saturated rings. The van der Waals surface area contributed by atoms with E-state index in [0.717, 1.165) is 11.6 Å². The maximum atomic E-state index is 13.1. The molecule has 1 aliphatic carbocycles. The van der Waals surface area contributed by atoms with Crippen molar-refractivity contribution in [2.45, 2.75) is 45.6 Å². The lowest BCUT2D eigenvalue weighted by atomic mass is 9.81. The van der Waals surface area contributed by atoms with Gasteiger partial charge in [0.1, 0.15) is 5.82 Å². The van der Waals surface area contributed by atoms with Gasteiger partial charge in [0.2, 0.25) is 0 Å². The Labute approximate surface area is 97.1 Å². The first kappa shape index (κ1) is 11.4. The van der Waals surface area contributed by atoms with Crippen LogP contribution in [0.1, 0.15) is 38.2 Å². The van der Waals surface area contributed by atoms with E-state index in [9.17, 15) is 4.39 Å². The molecule has 1 unspecified atom stereocenters. The highest BCUT2D eigenvalue weighted by atomic mass is 19.1. The summed E-state index contributed by atoms with van der Waals surface area (Å²) in [5, 5.41) is 3.44. The minimum Gasteiger partial charge on any atom is -0.383 e. The van der Waals surface area contributed by atoms with Crippen LogP contribution in [0.5, 0.6) is 0 Å². The predicted octanol–water partition coefficient (Wildman–Crippen LogP) is 4.12. The predicted molar refractivity (Wildman–Crippen MR) is 66.2 cm³/mol. The molecule has 1 aromatic rings. The molecule has 1 aliphatic rings. The first-order valence-electron chi connectivity index (χ1n) is 6.18. The average Bonchev–Trinajstić information content (AvgIpc) is 2.18. The molecule has 1 N–H and O–H groups in total. The monoisotopic (exact) mass is 221 g/mol. The van der Waals surface area contributed by atoms with Gasteiger partial charge in [-0.3, -0.25) is 0 Å². The van der Waals surface area contributed by atoms with Gasteiger partial charge in [0, 0.05) is 11.7 Å². The lowest BCUT2D eigenvalue weighted by Gasteiger charge is -2.29. The maximum Gasteiger partial charge on any atom is 0.126 e. The highest BCUT2D eigenvalue weighted by Gasteiger charge is 2.19. The fourth-order valence-corrected chi connectivity index (χ4v) is 2.31. The number of aryl methyl sites for hydroxylation is 1. The SMILES string of the molecule is Cc1cc(NC(C)CC2CCC2)ccc1F. The van der Waals surface area contributed by atoms with E-state index in [1.54, 1.807) is 6.92 Å². The molecule has 0 heterocycles. The number of hydrogen-bond acceptors (Lipinski definition) is 1. The quantitative estimate of drug-likeness (QED) is 0.806. The number of anilines is 1. The van der Waals surface area contributed by atoms with E-state index in [0.29, 0.717) is 11.6 Å². The van der Waals surface area contributed by atoms with E-state index in [2.05, 4.69) is 12.2 Å².